The molecule has 1 aromatic carbocycles. The average molecular weight is 221 g/mol. The van der Waals surface area contributed by atoms with E-state index in [0.717, 1.165) is 37.4 Å². The number of hydrogen-bond acceptors (Lipinski definition) is 3. The monoisotopic (exact) mass is 221 g/mol. The van der Waals surface area contributed by atoms with Crippen LogP contribution in [0.15, 0.2) is 24.3 Å². The van der Waals surface area contributed by atoms with Crippen LogP contribution in [-0.4, -0.2) is 20.3 Å². The van der Waals surface area contributed by atoms with Crippen LogP contribution in [0, 0.1) is 5.92 Å². The van der Waals surface area contributed by atoms with E-state index in [4.69, 9.17) is 15.2 Å². The van der Waals surface area contributed by atoms with E-state index in [1.165, 1.54) is 0 Å². The van der Waals surface area contributed by atoms with Crippen LogP contribution in [0.1, 0.15) is 24.4 Å². The van der Waals surface area contributed by atoms with Gasteiger partial charge in [-0.2, -0.15) is 0 Å². The van der Waals surface area contributed by atoms with Crippen molar-refractivity contribution in [2.75, 3.05) is 20.3 Å². The molecule has 3 heteroatoms. The zero-order chi connectivity index (χ0) is 11.4. The first kappa shape index (κ1) is 11.4. The number of hydrogen-bond donors (Lipinski definition) is 1. The largest absolute Gasteiger partial charge is 0.497 e. The van der Waals surface area contributed by atoms with Crippen LogP contribution in [0.2, 0.25) is 0 Å². The fourth-order valence-electron chi connectivity index (χ4n) is 2.15. The normalized spacial score (nSPS) is 22.8. The lowest BCUT2D eigenvalue weighted by molar-refractivity contribution is 0.0447. The molecule has 2 rings (SSSR count). The van der Waals surface area contributed by atoms with Crippen LogP contribution < -0.4 is 10.5 Å². The number of methoxy groups -OCH3 is 1. The van der Waals surface area contributed by atoms with Gasteiger partial charge in [-0.05, 0) is 30.5 Å². The molecular weight excluding hydrogens is 202 g/mol. The summed E-state index contributed by atoms with van der Waals surface area (Å²) in [6.45, 7) is 1.67. The van der Waals surface area contributed by atoms with E-state index in [-0.39, 0.29) is 6.04 Å². The van der Waals surface area contributed by atoms with Crippen LogP contribution in [0.3, 0.4) is 0 Å². The van der Waals surface area contributed by atoms with Crippen molar-refractivity contribution in [2.45, 2.75) is 18.9 Å². The van der Waals surface area contributed by atoms with Crippen molar-refractivity contribution >= 4 is 0 Å². The van der Waals surface area contributed by atoms with Crippen LogP contribution in [0.25, 0.3) is 0 Å². The topological polar surface area (TPSA) is 44.5 Å². The van der Waals surface area contributed by atoms with E-state index in [2.05, 4.69) is 0 Å². The molecule has 1 fully saturated rings. The van der Waals surface area contributed by atoms with Crippen molar-refractivity contribution in [3.63, 3.8) is 0 Å². The Labute approximate surface area is 96.5 Å². The Kier molecular flexibility index (Phi) is 3.80. The lowest BCUT2D eigenvalue weighted by Crippen LogP contribution is -2.28. The summed E-state index contributed by atoms with van der Waals surface area (Å²) in [5.74, 6) is 1.32. The smallest absolute Gasteiger partial charge is 0.118 e. The molecule has 0 aromatic heterocycles. The molecule has 1 saturated heterocycles. The standard InChI is InChI=1S/C13H19NO2/c1-15-12-6-4-10(5-7-12)13(14)11-3-2-8-16-9-11/h4-7,11,13H,2-3,8-9,14H2,1H3. The van der Waals surface area contributed by atoms with Gasteiger partial charge in [0, 0.05) is 18.6 Å². The van der Waals surface area contributed by atoms with Crippen LogP contribution in [-0.2, 0) is 4.74 Å². The molecule has 1 aliphatic rings. The second-order valence-electron chi connectivity index (χ2n) is 4.28. The molecular formula is C13H19NO2. The van der Waals surface area contributed by atoms with E-state index in [1.807, 2.05) is 24.3 Å². The van der Waals surface area contributed by atoms with Gasteiger partial charge in [0.2, 0.25) is 0 Å². The van der Waals surface area contributed by atoms with E-state index in [9.17, 15) is 0 Å². The summed E-state index contributed by atoms with van der Waals surface area (Å²) >= 11 is 0. The zero-order valence-corrected chi connectivity index (χ0v) is 9.69. The molecule has 3 nitrogen and oxygen atoms in total. The van der Waals surface area contributed by atoms with Crippen LogP contribution >= 0.6 is 0 Å². The summed E-state index contributed by atoms with van der Waals surface area (Å²) in [6.07, 6.45) is 2.28. The van der Waals surface area contributed by atoms with E-state index in [0.29, 0.717) is 5.92 Å². The highest BCUT2D eigenvalue weighted by molar-refractivity contribution is 5.29. The van der Waals surface area contributed by atoms with E-state index >= 15 is 0 Å². The number of benzene rings is 1. The van der Waals surface area contributed by atoms with Crippen molar-refractivity contribution < 1.29 is 9.47 Å². The summed E-state index contributed by atoms with van der Waals surface area (Å²) in [7, 11) is 1.67. The predicted octanol–water partition coefficient (Wildman–Crippen LogP) is 2.12. The molecule has 2 N–H and O–H groups in total. The third-order valence-corrected chi connectivity index (χ3v) is 3.20. The lowest BCUT2D eigenvalue weighted by Gasteiger charge is -2.27. The van der Waals surface area contributed by atoms with Gasteiger partial charge in [0.15, 0.2) is 0 Å². The SMILES string of the molecule is COc1ccc(C(N)C2CCCOC2)cc1. The van der Waals surface area contributed by atoms with E-state index in [1.54, 1.807) is 7.11 Å². The van der Waals surface area contributed by atoms with E-state index < -0.39 is 0 Å². The maximum Gasteiger partial charge on any atom is 0.118 e. The summed E-state index contributed by atoms with van der Waals surface area (Å²) < 4.78 is 10.6. The molecule has 16 heavy (non-hydrogen) atoms. The molecule has 0 spiro atoms. The van der Waals surface area contributed by atoms with Gasteiger partial charge in [0.1, 0.15) is 5.75 Å². The molecule has 1 aromatic rings. The molecule has 0 aliphatic carbocycles. The van der Waals surface area contributed by atoms with Gasteiger partial charge in [0.05, 0.1) is 13.7 Å². The lowest BCUT2D eigenvalue weighted by atomic mass is 9.89. The van der Waals surface area contributed by atoms with Crippen molar-refractivity contribution in [3.05, 3.63) is 29.8 Å². The first-order chi connectivity index (χ1) is 7.81. The van der Waals surface area contributed by atoms with Crippen molar-refractivity contribution in [1.29, 1.82) is 0 Å². The predicted molar refractivity (Wildman–Crippen MR) is 63.5 cm³/mol. The number of nitrogens with two attached hydrogens (primary N) is 1. The number of ether oxygens (including phenoxy) is 2. The highest BCUT2D eigenvalue weighted by atomic mass is 16.5. The van der Waals surface area contributed by atoms with Gasteiger partial charge in [0.25, 0.3) is 0 Å². The summed E-state index contributed by atoms with van der Waals surface area (Å²) in [6, 6.07) is 8.07. The molecule has 1 aliphatic heterocycles. The molecule has 1 heterocycles. The van der Waals surface area contributed by atoms with Crippen LogP contribution in [0.4, 0.5) is 0 Å². The Bertz CT molecular complexity index is 317. The van der Waals surface area contributed by atoms with Gasteiger partial charge in [-0.1, -0.05) is 12.1 Å². The third kappa shape index (κ3) is 2.54. The Morgan fingerprint density at radius 3 is 2.69 bits per heavy atom. The van der Waals surface area contributed by atoms with Crippen molar-refractivity contribution in [2.24, 2.45) is 11.7 Å². The van der Waals surface area contributed by atoms with Gasteiger partial charge in [-0.25, -0.2) is 0 Å². The Morgan fingerprint density at radius 2 is 2.12 bits per heavy atom. The fourth-order valence-corrected chi connectivity index (χ4v) is 2.15. The fraction of sp³-hybridized carbons (Fsp3) is 0.538. The van der Waals surface area contributed by atoms with Gasteiger partial charge in [-0.15, -0.1) is 0 Å². The molecule has 2 atom stereocenters. The Hall–Kier alpha value is -1.06. The quantitative estimate of drug-likeness (QED) is 0.850. The summed E-state index contributed by atoms with van der Waals surface area (Å²) in [5.41, 5.74) is 7.40. The average Bonchev–Trinajstić information content (AvgIpc) is 2.39. The Balaban J connectivity index is 2.04. The molecule has 0 amide bonds. The molecule has 2 unspecified atom stereocenters. The van der Waals surface area contributed by atoms with Gasteiger partial charge < -0.3 is 15.2 Å². The first-order valence-electron chi connectivity index (χ1n) is 5.78. The minimum absolute atomic E-state index is 0.0752. The summed E-state index contributed by atoms with van der Waals surface area (Å²) in [5, 5.41) is 0. The minimum atomic E-state index is 0.0752. The van der Waals surface area contributed by atoms with Crippen molar-refractivity contribution in [1.82, 2.24) is 0 Å². The first-order valence-corrected chi connectivity index (χ1v) is 5.78. The summed E-state index contributed by atoms with van der Waals surface area (Å²) in [4.78, 5) is 0. The molecule has 88 valence electrons. The van der Waals surface area contributed by atoms with Crippen molar-refractivity contribution in [3.8, 4) is 5.75 Å². The van der Waals surface area contributed by atoms with Crippen LogP contribution in [0.5, 0.6) is 5.75 Å². The highest BCUT2D eigenvalue weighted by Gasteiger charge is 2.22. The van der Waals surface area contributed by atoms with Gasteiger partial charge >= 0.3 is 0 Å². The second-order valence-corrected chi connectivity index (χ2v) is 4.28. The highest BCUT2D eigenvalue weighted by Crippen LogP contribution is 2.27. The molecule has 0 bridgehead atoms. The number of rotatable bonds is 3. The zero-order valence-electron chi connectivity index (χ0n) is 9.69. The van der Waals surface area contributed by atoms with Gasteiger partial charge in [-0.3, -0.25) is 0 Å². The maximum atomic E-state index is 6.24. The third-order valence-electron chi connectivity index (χ3n) is 3.20. The molecule has 0 saturated carbocycles. The maximum absolute atomic E-state index is 6.24. The Morgan fingerprint density at radius 1 is 1.38 bits per heavy atom. The molecule has 0 radical (unpaired) electrons. The minimum Gasteiger partial charge on any atom is -0.497 e. The second kappa shape index (κ2) is 5.32.